The molecule has 1 amide bonds. The van der Waals surface area contributed by atoms with Crippen LogP contribution in [-0.4, -0.2) is 18.1 Å². The Morgan fingerprint density at radius 3 is 2.72 bits per heavy atom. The molecule has 0 aliphatic heterocycles. The number of benzene rings is 1. The Kier molecular flexibility index (Phi) is 5.41. The van der Waals surface area contributed by atoms with Crippen LogP contribution in [-0.2, 0) is 11.3 Å². The molecule has 1 aliphatic carbocycles. The maximum Gasteiger partial charge on any atom is 0.437 e. The normalized spacial score (nSPS) is 17.2. The van der Waals surface area contributed by atoms with Crippen LogP contribution in [0.4, 0.5) is 10.5 Å². The molecule has 2 aromatic rings. The van der Waals surface area contributed by atoms with Crippen molar-refractivity contribution in [3.05, 3.63) is 45.8 Å². The molecular weight excluding hydrogens is 376 g/mol. The van der Waals surface area contributed by atoms with Gasteiger partial charge in [-0.2, -0.15) is 0 Å². The predicted molar refractivity (Wildman–Crippen MR) is 106 cm³/mol. The smallest absolute Gasteiger partial charge is 0.297 e. The van der Waals surface area contributed by atoms with E-state index in [9.17, 15) is 4.79 Å². The van der Waals surface area contributed by atoms with Crippen LogP contribution in [0.1, 0.15) is 31.4 Å². The number of thioether (sulfide) groups is 1. The summed E-state index contributed by atoms with van der Waals surface area (Å²) in [5.74, 6) is 0. The summed E-state index contributed by atoms with van der Waals surface area (Å²) in [7, 11) is 0. The van der Waals surface area contributed by atoms with Crippen LogP contribution in [0.25, 0.3) is 0 Å². The van der Waals surface area contributed by atoms with Crippen molar-refractivity contribution in [2.24, 2.45) is 10.6 Å². The highest BCUT2D eigenvalue weighted by atomic mass is 35.5. The Bertz CT molecular complexity index is 813. The van der Waals surface area contributed by atoms with E-state index in [1.54, 1.807) is 47.4 Å². The van der Waals surface area contributed by atoms with Crippen molar-refractivity contribution in [2.75, 3.05) is 11.6 Å². The van der Waals surface area contributed by atoms with E-state index in [-0.39, 0.29) is 5.41 Å². The van der Waals surface area contributed by atoms with Crippen LogP contribution >= 0.6 is 34.7 Å². The molecule has 132 valence electrons. The largest absolute Gasteiger partial charge is 0.437 e. The zero-order valence-corrected chi connectivity index (χ0v) is 16.6. The Hall–Kier alpha value is -1.50. The third kappa shape index (κ3) is 4.37. The number of nitrogens with zero attached hydrogens (tertiary/aromatic N) is 1. The zero-order chi connectivity index (χ0) is 18.0. The molecule has 1 aromatic heterocycles. The molecule has 0 atom stereocenters. The van der Waals surface area contributed by atoms with Crippen molar-refractivity contribution in [1.82, 2.24) is 0 Å². The fourth-order valence-electron chi connectivity index (χ4n) is 2.93. The fraction of sp³-hybridized carbons (Fsp3) is 0.333. The minimum atomic E-state index is -0.610. The van der Waals surface area contributed by atoms with Crippen LogP contribution in [0.3, 0.4) is 0 Å². The summed E-state index contributed by atoms with van der Waals surface area (Å²) in [6.45, 7) is 4.41. The van der Waals surface area contributed by atoms with Crippen molar-refractivity contribution < 1.29 is 9.63 Å². The number of anilines is 1. The lowest BCUT2D eigenvalue weighted by Gasteiger charge is -2.30. The fourth-order valence-corrected chi connectivity index (χ4v) is 4.85. The highest BCUT2D eigenvalue weighted by molar-refractivity contribution is 8.00. The molecule has 0 saturated heterocycles. The Morgan fingerprint density at radius 2 is 2.04 bits per heavy atom. The van der Waals surface area contributed by atoms with Gasteiger partial charge in [-0.3, -0.25) is 10.2 Å². The number of oxime groups is 1. The highest BCUT2D eigenvalue weighted by Gasteiger charge is 2.33. The van der Waals surface area contributed by atoms with Gasteiger partial charge in [0, 0.05) is 16.3 Å². The first kappa shape index (κ1) is 18.3. The lowest BCUT2D eigenvalue weighted by atomic mass is 9.75. The third-order valence-electron chi connectivity index (χ3n) is 3.95. The minimum absolute atomic E-state index is 0.0958. The first-order valence-corrected chi connectivity index (χ1v) is 10.3. The SMILES string of the molecule is CSc1scc2c1/C(=N/OC(=O)Nc1ccc(Cl)cc1)CC(C)(C)C2. The number of thiophene rings is 1. The monoisotopic (exact) mass is 394 g/mol. The lowest BCUT2D eigenvalue weighted by Crippen LogP contribution is -2.27. The first-order valence-electron chi connectivity index (χ1n) is 7.83. The number of hydrogen-bond donors (Lipinski definition) is 1. The minimum Gasteiger partial charge on any atom is -0.297 e. The zero-order valence-electron chi connectivity index (χ0n) is 14.3. The van der Waals surface area contributed by atoms with Crippen molar-refractivity contribution in [3.8, 4) is 0 Å². The summed E-state index contributed by atoms with van der Waals surface area (Å²) in [5.41, 5.74) is 3.96. The molecular formula is C18H19ClN2O2S2. The van der Waals surface area contributed by atoms with E-state index < -0.39 is 6.09 Å². The van der Waals surface area contributed by atoms with Gasteiger partial charge in [0.25, 0.3) is 0 Å². The van der Waals surface area contributed by atoms with Gasteiger partial charge < -0.3 is 0 Å². The highest BCUT2D eigenvalue weighted by Crippen LogP contribution is 2.42. The molecule has 0 bridgehead atoms. The summed E-state index contributed by atoms with van der Waals surface area (Å²) >= 11 is 9.26. The number of halogens is 1. The molecule has 1 aromatic carbocycles. The number of hydrogen-bond acceptors (Lipinski definition) is 5. The summed E-state index contributed by atoms with van der Waals surface area (Å²) < 4.78 is 1.21. The molecule has 1 heterocycles. The standard InChI is InChI=1S/C18H19ClN2O2S2/c1-18(2)8-11-10-25-16(24-3)15(11)14(9-18)21-23-17(22)20-13-6-4-12(19)5-7-13/h4-7,10H,8-9H2,1-3H3,(H,20,22)/b21-14+. The first-order chi connectivity index (χ1) is 11.9. The van der Waals surface area contributed by atoms with E-state index in [1.165, 1.54) is 9.77 Å². The average Bonchev–Trinajstić information content (AvgIpc) is 2.96. The number of rotatable bonds is 3. The Labute approximate surface area is 160 Å². The quantitative estimate of drug-likeness (QED) is 0.391. The molecule has 7 heteroatoms. The second-order valence-electron chi connectivity index (χ2n) is 6.69. The van der Waals surface area contributed by atoms with Crippen LogP contribution in [0.2, 0.25) is 5.02 Å². The van der Waals surface area contributed by atoms with Crippen molar-refractivity contribution >= 4 is 52.2 Å². The average molecular weight is 395 g/mol. The van der Waals surface area contributed by atoms with Gasteiger partial charge in [-0.15, -0.1) is 23.1 Å². The van der Waals surface area contributed by atoms with E-state index in [4.69, 9.17) is 16.4 Å². The molecule has 0 unspecified atom stereocenters. The molecule has 1 aliphatic rings. The van der Waals surface area contributed by atoms with Gasteiger partial charge in [-0.1, -0.05) is 30.6 Å². The van der Waals surface area contributed by atoms with E-state index >= 15 is 0 Å². The van der Waals surface area contributed by atoms with Gasteiger partial charge in [0.15, 0.2) is 0 Å². The van der Waals surface area contributed by atoms with E-state index in [0.717, 1.165) is 24.1 Å². The Morgan fingerprint density at radius 1 is 1.32 bits per heavy atom. The van der Waals surface area contributed by atoms with Gasteiger partial charge in [-0.05, 0) is 59.7 Å². The number of fused-ring (bicyclic) bond motifs is 1. The van der Waals surface area contributed by atoms with Crippen molar-refractivity contribution in [3.63, 3.8) is 0 Å². The molecule has 1 N–H and O–H groups in total. The number of carbonyl (C=O) groups is 1. The summed E-state index contributed by atoms with van der Waals surface area (Å²) in [6.07, 6.45) is 3.23. The molecule has 0 spiro atoms. The number of carbonyl (C=O) groups excluding carboxylic acids is 1. The maximum absolute atomic E-state index is 12.0. The maximum atomic E-state index is 12.0. The van der Waals surface area contributed by atoms with E-state index in [1.807, 2.05) is 0 Å². The van der Waals surface area contributed by atoms with Crippen LogP contribution in [0, 0.1) is 5.41 Å². The van der Waals surface area contributed by atoms with Gasteiger partial charge in [0.05, 0.1) is 9.92 Å². The number of amides is 1. The van der Waals surface area contributed by atoms with Crippen molar-refractivity contribution in [1.29, 1.82) is 0 Å². The molecule has 0 saturated carbocycles. The lowest BCUT2D eigenvalue weighted by molar-refractivity contribution is 0.165. The van der Waals surface area contributed by atoms with Crippen LogP contribution < -0.4 is 5.32 Å². The topological polar surface area (TPSA) is 50.7 Å². The Balaban J connectivity index is 1.77. The second kappa shape index (κ2) is 7.40. The van der Waals surface area contributed by atoms with Crippen LogP contribution in [0.15, 0.2) is 39.0 Å². The van der Waals surface area contributed by atoms with E-state index in [2.05, 4.69) is 36.0 Å². The van der Waals surface area contributed by atoms with Gasteiger partial charge in [-0.25, -0.2) is 4.79 Å². The summed E-state index contributed by atoms with van der Waals surface area (Å²) in [4.78, 5) is 17.2. The molecule has 0 radical (unpaired) electrons. The summed E-state index contributed by atoms with van der Waals surface area (Å²) in [5, 5.41) is 9.63. The van der Waals surface area contributed by atoms with Crippen molar-refractivity contribution in [2.45, 2.75) is 30.9 Å². The number of nitrogens with one attached hydrogen (secondary N) is 1. The second-order valence-corrected chi connectivity index (χ2v) is 9.08. The molecule has 4 nitrogen and oxygen atoms in total. The van der Waals surface area contributed by atoms with E-state index in [0.29, 0.717) is 10.7 Å². The van der Waals surface area contributed by atoms with Crippen LogP contribution in [0.5, 0.6) is 0 Å². The molecule has 3 rings (SSSR count). The van der Waals surface area contributed by atoms with Gasteiger partial charge in [0.2, 0.25) is 0 Å². The predicted octanol–water partition coefficient (Wildman–Crippen LogP) is 6.05. The third-order valence-corrected chi connectivity index (χ3v) is 6.39. The molecule has 0 fully saturated rings. The summed E-state index contributed by atoms with van der Waals surface area (Å²) in [6, 6.07) is 6.83. The van der Waals surface area contributed by atoms with Gasteiger partial charge >= 0.3 is 6.09 Å². The van der Waals surface area contributed by atoms with Gasteiger partial charge in [0.1, 0.15) is 0 Å². The molecule has 25 heavy (non-hydrogen) atoms.